The first-order valence-corrected chi connectivity index (χ1v) is 12.4. The van der Waals surface area contributed by atoms with Gasteiger partial charge in [0.2, 0.25) is 0 Å². The smallest absolute Gasteiger partial charge is 0.420 e. The summed E-state index contributed by atoms with van der Waals surface area (Å²) >= 11 is 3.45. The average molecular weight is 529 g/mol. The Kier molecular flexibility index (Phi) is 6.71. The van der Waals surface area contributed by atoms with Gasteiger partial charge in [-0.1, -0.05) is 13.8 Å². The maximum atomic E-state index is 13.2. The lowest BCUT2D eigenvalue weighted by Gasteiger charge is -2.43. The number of aromatic nitrogens is 3. The summed E-state index contributed by atoms with van der Waals surface area (Å²) in [5.41, 5.74) is 2.39. The molecule has 2 fully saturated rings. The molecule has 2 aliphatic heterocycles. The van der Waals surface area contributed by atoms with Crippen LogP contribution in [-0.4, -0.2) is 77.4 Å². The van der Waals surface area contributed by atoms with Crippen molar-refractivity contribution in [2.75, 3.05) is 55.8 Å². The van der Waals surface area contributed by atoms with Gasteiger partial charge in [0, 0.05) is 50.5 Å². The van der Waals surface area contributed by atoms with E-state index >= 15 is 0 Å². The lowest BCUT2D eigenvalue weighted by Crippen LogP contribution is -2.56. The van der Waals surface area contributed by atoms with Crippen molar-refractivity contribution < 1.29 is 14.3 Å². The molecule has 180 valence electrons. The molecule has 5 rings (SSSR count). The van der Waals surface area contributed by atoms with Crippen LogP contribution in [0.2, 0.25) is 0 Å². The van der Waals surface area contributed by atoms with E-state index in [4.69, 9.17) is 9.47 Å². The van der Waals surface area contributed by atoms with E-state index in [1.807, 2.05) is 42.8 Å². The third kappa shape index (κ3) is 4.75. The Morgan fingerprint density at radius 2 is 1.94 bits per heavy atom. The fraction of sp³-hybridized carbons (Fsp3) is 0.458. The lowest BCUT2D eigenvalue weighted by molar-refractivity contribution is -0.0660. The number of imidazole rings is 1. The van der Waals surface area contributed by atoms with Gasteiger partial charge in [0.25, 0.3) is 0 Å². The standard InChI is InChI=1S/C24H29BrN6O3/c1-17(2)14-34-24(32)31(23-22-26-7-8-30(22)13-21(25)27-23)19-5-3-18(4-6-19)28-9-11-29(12-10-28)20-15-33-16-20/h3-8,13,17,20H,9-12,14-16H2,1-2H3. The Labute approximate surface area is 207 Å². The van der Waals surface area contributed by atoms with Crippen LogP contribution in [-0.2, 0) is 9.47 Å². The van der Waals surface area contributed by atoms with Gasteiger partial charge in [-0.25, -0.2) is 19.7 Å². The SMILES string of the molecule is CC(C)COC(=O)N(c1ccc(N2CCN(C3COC3)CC2)cc1)c1nc(Br)cn2ccnc12. The maximum Gasteiger partial charge on any atom is 0.420 e. The summed E-state index contributed by atoms with van der Waals surface area (Å²) in [6, 6.07) is 8.58. The number of benzene rings is 1. The molecule has 0 unspecified atom stereocenters. The molecule has 4 heterocycles. The molecular formula is C24H29BrN6O3. The zero-order valence-corrected chi connectivity index (χ0v) is 21.0. The molecule has 3 aromatic rings. The number of carbonyl (C=O) groups is 1. The summed E-state index contributed by atoms with van der Waals surface area (Å²) in [5.74, 6) is 0.637. The molecule has 0 aliphatic carbocycles. The molecule has 1 amide bonds. The number of nitrogens with zero attached hydrogens (tertiary/aromatic N) is 6. The highest BCUT2D eigenvalue weighted by molar-refractivity contribution is 9.10. The van der Waals surface area contributed by atoms with Crippen LogP contribution < -0.4 is 9.80 Å². The summed E-state index contributed by atoms with van der Waals surface area (Å²) in [4.78, 5) is 28.6. The van der Waals surface area contributed by atoms with Crippen LogP contribution in [0.3, 0.4) is 0 Å². The third-order valence-electron chi connectivity index (χ3n) is 6.19. The van der Waals surface area contributed by atoms with Gasteiger partial charge in [0.05, 0.1) is 31.5 Å². The second-order valence-corrected chi connectivity index (χ2v) is 9.89. The van der Waals surface area contributed by atoms with Crippen LogP contribution in [0.15, 0.2) is 47.5 Å². The largest absolute Gasteiger partial charge is 0.449 e. The van der Waals surface area contributed by atoms with E-state index in [-0.39, 0.29) is 5.92 Å². The number of rotatable bonds is 6. The van der Waals surface area contributed by atoms with Crippen molar-refractivity contribution in [2.45, 2.75) is 19.9 Å². The van der Waals surface area contributed by atoms with Crippen LogP contribution in [0, 0.1) is 5.92 Å². The second-order valence-electron chi connectivity index (χ2n) is 9.08. The van der Waals surface area contributed by atoms with Gasteiger partial charge < -0.3 is 18.8 Å². The number of anilines is 3. The van der Waals surface area contributed by atoms with Gasteiger partial charge in [-0.15, -0.1) is 0 Å². The van der Waals surface area contributed by atoms with Crippen LogP contribution in [0.1, 0.15) is 13.8 Å². The van der Waals surface area contributed by atoms with Crippen molar-refractivity contribution in [3.63, 3.8) is 0 Å². The summed E-state index contributed by atoms with van der Waals surface area (Å²) in [6.07, 6.45) is 4.83. The first kappa shape index (κ1) is 23.1. The van der Waals surface area contributed by atoms with E-state index in [2.05, 4.69) is 47.8 Å². The monoisotopic (exact) mass is 528 g/mol. The molecule has 1 aromatic carbocycles. The molecule has 0 atom stereocenters. The first-order chi connectivity index (χ1) is 16.5. The van der Waals surface area contributed by atoms with Crippen molar-refractivity contribution in [3.8, 4) is 0 Å². The van der Waals surface area contributed by atoms with Gasteiger partial charge in [0.1, 0.15) is 4.60 Å². The number of amides is 1. The lowest BCUT2D eigenvalue weighted by atomic mass is 10.1. The van der Waals surface area contributed by atoms with Crippen LogP contribution in [0.4, 0.5) is 22.0 Å². The van der Waals surface area contributed by atoms with Crippen LogP contribution in [0.25, 0.3) is 5.65 Å². The molecule has 10 heteroatoms. The highest BCUT2D eigenvalue weighted by Gasteiger charge is 2.29. The predicted molar refractivity (Wildman–Crippen MR) is 134 cm³/mol. The normalized spacial score (nSPS) is 17.2. The Morgan fingerprint density at radius 1 is 1.21 bits per heavy atom. The summed E-state index contributed by atoms with van der Waals surface area (Å²) in [7, 11) is 0. The molecular weight excluding hydrogens is 500 g/mol. The third-order valence-corrected chi connectivity index (χ3v) is 6.57. The molecule has 2 saturated heterocycles. The van der Waals surface area contributed by atoms with Gasteiger partial charge >= 0.3 is 6.09 Å². The number of hydrogen-bond acceptors (Lipinski definition) is 7. The zero-order valence-electron chi connectivity index (χ0n) is 19.4. The van der Waals surface area contributed by atoms with Crippen molar-refractivity contribution in [1.82, 2.24) is 19.3 Å². The maximum absolute atomic E-state index is 13.2. The molecule has 0 N–H and O–H groups in total. The number of fused-ring (bicyclic) bond motifs is 1. The molecule has 0 radical (unpaired) electrons. The van der Waals surface area contributed by atoms with E-state index in [1.54, 1.807) is 6.20 Å². The molecule has 34 heavy (non-hydrogen) atoms. The number of hydrogen-bond donors (Lipinski definition) is 0. The molecule has 0 spiro atoms. The highest BCUT2D eigenvalue weighted by atomic mass is 79.9. The average Bonchev–Trinajstić information content (AvgIpc) is 3.26. The van der Waals surface area contributed by atoms with Crippen molar-refractivity contribution in [1.29, 1.82) is 0 Å². The van der Waals surface area contributed by atoms with Gasteiger partial charge in [-0.05, 0) is 46.1 Å². The Bertz CT molecular complexity index is 1140. The highest BCUT2D eigenvalue weighted by Crippen LogP contribution is 2.31. The number of carbonyl (C=O) groups excluding carboxylic acids is 1. The van der Waals surface area contributed by atoms with E-state index in [1.165, 1.54) is 4.90 Å². The van der Waals surface area contributed by atoms with Gasteiger partial charge in [-0.2, -0.15) is 0 Å². The number of ether oxygens (including phenoxy) is 2. The summed E-state index contributed by atoms with van der Waals surface area (Å²) < 4.78 is 13.4. The second kappa shape index (κ2) is 9.89. The van der Waals surface area contributed by atoms with Gasteiger partial charge in [0.15, 0.2) is 11.5 Å². The van der Waals surface area contributed by atoms with E-state index in [9.17, 15) is 4.79 Å². The number of piperazine rings is 1. The Hall–Kier alpha value is -2.69. The summed E-state index contributed by atoms with van der Waals surface area (Å²) in [6.45, 7) is 10.0. The van der Waals surface area contributed by atoms with Crippen LogP contribution in [0.5, 0.6) is 0 Å². The minimum absolute atomic E-state index is 0.222. The van der Waals surface area contributed by atoms with Gasteiger partial charge in [-0.3, -0.25) is 4.90 Å². The number of halogens is 1. The van der Waals surface area contributed by atoms with E-state index in [0.29, 0.717) is 34.4 Å². The Balaban J connectivity index is 1.40. The van der Waals surface area contributed by atoms with Crippen molar-refractivity contribution >= 4 is 44.9 Å². The van der Waals surface area contributed by atoms with Crippen LogP contribution >= 0.6 is 15.9 Å². The zero-order chi connectivity index (χ0) is 23.7. The molecule has 2 aliphatic rings. The molecule has 0 saturated carbocycles. The first-order valence-electron chi connectivity index (χ1n) is 11.6. The quantitative estimate of drug-likeness (QED) is 0.479. The molecule has 9 nitrogen and oxygen atoms in total. The van der Waals surface area contributed by atoms with E-state index < -0.39 is 6.09 Å². The fourth-order valence-electron chi connectivity index (χ4n) is 4.24. The topological polar surface area (TPSA) is 75.4 Å². The molecule has 2 aromatic heterocycles. The molecule has 0 bridgehead atoms. The minimum atomic E-state index is -0.478. The predicted octanol–water partition coefficient (Wildman–Crippen LogP) is 3.94. The summed E-state index contributed by atoms with van der Waals surface area (Å²) in [5, 5.41) is 0. The Morgan fingerprint density at radius 3 is 2.59 bits per heavy atom. The van der Waals surface area contributed by atoms with Crippen molar-refractivity contribution in [3.05, 3.63) is 47.5 Å². The fourth-order valence-corrected chi connectivity index (χ4v) is 4.63. The van der Waals surface area contributed by atoms with E-state index in [0.717, 1.165) is 45.1 Å². The minimum Gasteiger partial charge on any atom is -0.449 e. The van der Waals surface area contributed by atoms with Crippen molar-refractivity contribution in [2.24, 2.45) is 5.92 Å².